The molecule has 0 unspecified atom stereocenters. The fraction of sp³-hybridized carbons (Fsp3) is 0.500. The van der Waals surface area contributed by atoms with Gasteiger partial charge in [0, 0.05) is 11.0 Å². The van der Waals surface area contributed by atoms with Crippen LogP contribution in [0.2, 0.25) is 0 Å². The van der Waals surface area contributed by atoms with Gasteiger partial charge in [-0.1, -0.05) is 22.9 Å². The number of nitrogens with one attached hydrogen (secondary N) is 1. The van der Waals surface area contributed by atoms with Crippen molar-refractivity contribution >= 4 is 15.9 Å². The zero-order valence-corrected chi connectivity index (χ0v) is 11.6. The second kappa shape index (κ2) is 6.99. The molecule has 1 aromatic rings. The van der Waals surface area contributed by atoms with Crippen LogP contribution in [-0.4, -0.2) is 19.3 Å². The van der Waals surface area contributed by atoms with Crippen LogP contribution in [-0.2, 0) is 6.54 Å². The number of alkyl halides is 3. The second-order valence-corrected chi connectivity index (χ2v) is 4.69. The summed E-state index contributed by atoms with van der Waals surface area (Å²) in [6.07, 6.45) is -3.31. The van der Waals surface area contributed by atoms with Gasteiger partial charge in [-0.15, -0.1) is 0 Å². The molecule has 0 atom stereocenters. The first-order valence-corrected chi connectivity index (χ1v) is 6.40. The van der Waals surface area contributed by atoms with Crippen LogP contribution in [0.3, 0.4) is 0 Å². The SMILES string of the molecule is CCCNCc1cc(OCC(F)(F)F)ccc1Br. The summed E-state index contributed by atoms with van der Waals surface area (Å²) in [5.74, 6) is 0.226. The minimum atomic E-state index is -4.31. The molecular weight excluding hydrogens is 311 g/mol. The van der Waals surface area contributed by atoms with Crippen molar-refractivity contribution in [2.75, 3.05) is 13.2 Å². The summed E-state index contributed by atoms with van der Waals surface area (Å²) in [6, 6.07) is 4.81. The molecule has 0 amide bonds. The monoisotopic (exact) mass is 325 g/mol. The van der Waals surface area contributed by atoms with Gasteiger partial charge in [-0.05, 0) is 36.7 Å². The molecule has 0 bridgehead atoms. The van der Waals surface area contributed by atoms with E-state index in [1.165, 1.54) is 6.07 Å². The average Bonchev–Trinajstić information content (AvgIpc) is 2.29. The van der Waals surface area contributed by atoms with Gasteiger partial charge < -0.3 is 10.1 Å². The highest BCUT2D eigenvalue weighted by Gasteiger charge is 2.28. The van der Waals surface area contributed by atoms with Crippen LogP contribution in [0.25, 0.3) is 0 Å². The van der Waals surface area contributed by atoms with E-state index in [4.69, 9.17) is 4.74 Å². The molecule has 0 saturated heterocycles. The molecule has 0 spiro atoms. The maximum atomic E-state index is 12.0. The first-order valence-electron chi connectivity index (χ1n) is 5.61. The van der Waals surface area contributed by atoms with Crippen LogP contribution in [0, 0.1) is 0 Å². The molecule has 6 heteroatoms. The molecule has 2 nitrogen and oxygen atoms in total. The third kappa shape index (κ3) is 5.73. The van der Waals surface area contributed by atoms with Gasteiger partial charge in [0.1, 0.15) is 5.75 Å². The zero-order valence-electron chi connectivity index (χ0n) is 9.98. The molecule has 0 heterocycles. The highest BCUT2D eigenvalue weighted by molar-refractivity contribution is 9.10. The van der Waals surface area contributed by atoms with Gasteiger partial charge in [0.15, 0.2) is 6.61 Å². The highest BCUT2D eigenvalue weighted by atomic mass is 79.9. The maximum Gasteiger partial charge on any atom is 0.422 e. The number of hydrogen-bond acceptors (Lipinski definition) is 2. The zero-order chi connectivity index (χ0) is 13.6. The molecule has 1 N–H and O–H groups in total. The molecule has 1 rings (SSSR count). The first kappa shape index (κ1) is 15.3. The Balaban J connectivity index is 2.62. The number of hydrogen-bond donors (Lipinski definition) is 1. The Morgan fingerprint density at radius 3 is 2.67 bits per heavy atom. The summed E-state index contributed by atoms with van der Waals surface area (Å²) < 4.78 is 41.6. The normalized spacial score (nSPS) is 11.6. The van der Waals surface area contributed by atoms with Gasteiger partial charge >= 0.3 is 6.18 Å². The Morgan fingerprint density at radius 2 is 2.06 bits per heavy atom. The molecule has 0 aliphatic heterocycles. The number of benzene rings is 1. The van der Waals surface area contributed by atoms with Crippen LogP contribution >= 0.6 is 15.9 Å². The molecule has 0 fully saturated rings. The molecular formula is C12H15BrF3NO. The minimum Gasteiger partial charge on any atom is -0.484 e. The molecule has 102 valence electrons. The lowest BCUT2D eigenvalue weighted by Gasteiger charge is -2.12. The summed E-state index contributed by atoms with van der Waals surface area (Å²) in [5.41, 5.74) is 0.878. The van der Waals surface area contributed by atoms with E-state index in [1.54, 1.807) is 12.1 Å². The van der Waals surface area contributed by atoms with E-state index in [0.29, 0.717) is 6.54 Å². The van der Waals surface area contributed by atoms with Crippen molar-refractivity contribution in [2.24, 2.45) is 0 Å². The van der Waals surface area contributed by atoms with Gasteiger partial charge in [-0.3, -0.25) is 0 Å². The summed E-state index contributed by atoms with van der Waals surface area (Å²) in [7, 11) is 0. The van der Waals surface area contributed by atoms with Crippen LogP contribution in [0.15, 0.2) is 22.7 Å². The summed E-state index contributed by atoms with van der Waals surface area (Å²) >= 11 is 3.36. The Kier molecular flexibility index (Phi) is 5.95. The molecule has 0 radical (unpaired) electrons. The highest BCUT2D eigenvalue weighted by Crippen LogP contribution is 2.24. The van der Waals surface area contributed by atoms with Crippen molar-refractivity contribution < 1.29 is 17.9 Å². The van der Waals surface area contributed by atoms with E-state index in [1.807, 2.05) is 6.92 Å². The van der Waals surface area contributed by atoms with Crippen molar-refractivity contribution in [1.82, 2.24) is 5.32 Å². The third-order valence-corrected chi connectivity index (χ3v) is 2.94. The molecule has 1 aromatic carbocycles. The lowest BCUT2D eigenvalue weighted by atomic mass is 10.2. The van der Waals surface area contributed by atoms with E-state index in [9.17, 15) is 13.2 Å². The summed E-state index contributed by atoms with van der Waals surface area (Å²) in [4.78, 5) is 0. The number of halogens is 4. The van der Waals surface area contributed by atoms with Crippen LogP contribution < -0.4 is 10.1 Å². The maximum absolute atomic E-state index is 12.0. The molecule has 0 aliphatic rings. The van der Waals surface area contributed by atoms with E-state index in [0.717, 1.165) is 23.0 Å². The van der Waals surface area contributed by atoms with Gasteiger partial charge in [-0.2, -0.15) is 13.2 Å². The summed E-state index contributed by atoms with van der Waals surface area (Å²) in [5, 5.41) is 3.18. The Bertz CT molecular complexity index is 382. The van der Waals surface area contributed by atoms with Crippen molar-refractivity contribution in [2.45, 2.75) is 26.1 Å². The topological polar surface area (TPSA) is 21.3 Å². The van der Waals surface area contributed by atoms with E-state index in [-0.39, 0.29) is 5.75 Å². The van der Waals surface area contributed by atoms with Crippen LogP contribution in [0.4, 0.5) is 13.2 Å². The van der Waals surface area contributed by atoms with Gasteiger partial charge in [0.2, 0.25) is 0 Å². The smallest absolute Gasteiger partial charge is 0.422 e. The molecule has 18 heavy (non-hydrogen) atoms. The van der Waals surface area contributed by atoms with Crippen molar-refractivity contribution in [3.63, 3.8) is 0 Å². The third-order valence-electron chi connectivity index (χ3n) is 2.16. The van der Waals surface area contributed by atoms with Gasteiger partial charge in [-0.25, -0.2) is 0 Å². The van der Waals surface area contributed by atoms with E-state index in [2.05, 4.69) is 21.2 Å². The largest absolute Gasteiger partial charge is 0.484 e. The van der Waals surface area contributed by atoms with Crippen molar-refractivity contribution in [3.05, 3.63) is 28.2 Å². The van der Waals surface area contributed by atoms with E-state index >= 15 is 0 Å². The predicted molar refractivity (Wildman–Crippen MR) is 67.7 cm³/mol. The number of rotatable bonds is 6. The fourth-order valence-corrected chi connectivity index (χ4v) is 1.73. The minimum absolute atomic E-state index is 0.226. The second-order valence-electron chi connectivity index (χ2n) is 3.83. The van der Waals surface area contributed by atoms with Crippen LogP contribution in [0.5, 0.6) is 5.75 Å². The summed E-state index contributed by atoms with van der Waals surface area (Å²) in [6.45, 7) is 2.24. The Hall–Kier alpha value is -0.750. The first-order chi connectivity index (χ1) is 8.42. The average molecular weight is 326 g/mol. The molecule has 0 aromatic heterocycles. The van der Waals surface area contributed by atoms with Gasteiger partial charge in [0.05, 0.1) is 0 Å². The van der Waals surface area contributed by atoms with Crippen molar-refractivity contribution in [3.8, 4) is 5.75 Å². The Morgan fingerprint density at radius 1 is 1.33 bits per heavy atom. The lowest BCUT2D eigenvalue weighted by molar-refractivity contribution is -0.153. The van der Waals surface area contributed by atoms with Gasteiger partial charge in [0.25, 0.3) is 0 Å². The lowest BCUT2D eigenvalue weighted by Crippen LogP contribution is -2.19. The standard InChI is InChI=1S/C12H15BrF3NO/c1-2-5-17-7-9-6-10(3-4-11(9)13)18-8-12(14,15)16/h3-4,6,17H,2,5,7-8H2,1H3. The number of ether oxygens (including phenoxy) is 1. The molecule has 0 saturated carbocycles. The fourth-order valence-electron chi connectivity index (χ4n) is 1.34. The van der Waals surface area contributed by atoms with Crippen molar-refractivity contribution in [1.29, 1.82) is 0 Å². The van der Waals surface area contributed by atoms with Crippen LogP contribution in [0.1, 0.15) is 18.9 Å². The Labute approximate surface area is 113 Å². The quantitative estimate of drug-likeness (QED) is 0.801. The predicted octanol–water partition coefficient (Wildman–Crippen LogP) is 3.89. The molecule has 0 aliphatic carbocycles. The van der Waals surface area contributed by atoms with E-state index < -0.39 is 12.8 Å².